The summed E-state index contributed by atoms with van der Waals surface area (Å²) in [6, 6.07) is 6.65. The normalized spacial score (nSPS) is 16.3. The maximum Gasteiger partial charge on any atom is 0.0526 e. The van der Waals surface area contributed by atoms with Crippen LogP contribution in [-0.2, 0) is 0 Å². The smallest absolute Gasteiger partial charge is 0.0526 e. The first-order chi connectivity index (χ1) is 8.43. The lowest BCUT2D eigenvalue weighted by Gasteiger charge is -2.24. The second-order valence-electron chi connectivity index (χ2n) is 4.95. The lowest BCUT2D eigenvalue weighted by Crippen LogP contribution is -2.36. The molecule has 18 heavy (non-hydrogen) atoms. The largest absolute Gasteiger partial charge is 0.393 e. The molecule has 0 saturated heterocycles. The molecular weight excluding hydrogens is 292 g/mol. The summed E-state index contributed by atoms with van der Waals surface area (Å²) in [5, 5.41) is 12.8. The summed E-state index contributed by atoms with van der Waals surface area (Å²) in [4.78, 5) is 0. The van der Waals surface area contributed by atoms with Crippen molar-refractivity contribution < 1.29 is 5.11 Å². The molecular formula is C14H23BrN2O. The quantitative estimate of drug-likeness (QED) is 0.756. The molecule has 0 amide bonds. The molecule has 3 atom stereocenters. The molecule has 4 heteroatoms. The van der Waals surface area contributed by atoms with E-state index < -0.39 is 0 Å². The van der Waals surface area contributed by atoms with E-state index in [9.17, 15) is 5.11 Å². The summed E-state index contributed by atoms with van der Waals surface area (Å²) in [6.45, 7) is 6.48. The van der Waals surface area contributed by atoms with Gasteiger partial charge >= 0.3 is 0 Å². The van der Waals surface area contributed by atoms with Crippen LogP contribution in [0.5, 0.6) is 0 Å². The molecule has 0 aliphatic carbocycles. The van der Waals surface area contributed by atoms with Crippen LogP contribution in [0.3, 0.4) is 0 Å². The van der Waals surface area contributed by atoms with Gasteiger partial charge in [0.25, 0.3) is 0 Å². The number of aliphatic hydroxyl groups excluding tert-OH is 1. The van der Waals surface area contributed by atoms with E-state index in [0.717, 1.165) is 10.9 Å². The topological polar surface area (TPSA) is 58.3 Å². The summed E-state index contributed by atoms with van der Waals surface area (Å²) in [7, 11) is 0. The summed E-state index contributed by atoms with van der Waals surface area (Å²) < 4.78 is 1.10. The number of benzene rings is 1. The highest BCUT2D eigenvalue weighted by atomic mass is 79.9. The van der Waals surface area contributed by atoms with Gasteiger partial charge in [-0.1, -0.05) is 28.1 Å². The second kappa shape index (κ2) is 7.24. The molecule has 0 fully saturated rings. The van der Waals surface area contributed by atoms with Crippen molar-refractivity contribution >= 4 is 15.9 Å². The number of aryl methyl sites for hydroxylation is 1. The van der Waals surface area contributed by atoms with E-state index in [-0.39, 0.29) is 18.2 Å². The van der Waals surface area contributed by atoms with Gasteiger partial charge in [-0.15, -0.1) is 0 Å². The Morgan fingerprint density at radius 3 is 2.56 bits per heavy atom. The summed E-state index contributed by atoms with van der Waals surface area (Å²) >= 11 is 3.54. The van der Waals surface area contributed by atoms with Gasteiger partial charge in [0, 0.05) is 23.1 Å². The molecule has 3 unspecified atom stereocenters. The third-order valence-corrected chi connectivity index (χ3v) is 3.87. The minimum absolute atomic E-state index is 0.121. The summed E-state index contributed by atoms with van der Waals surface area (Å²) in [5.74, 6) is 0. The Balaban J connectivity index is 2.73. The molecule has 0 saturated carbocycles. The number of nitrogens with one attached hydrogen (secondary N) is 1. The van der Waals surface area contributed by atoms with Crippen LogP contribution < -0.4 is 11.1 Å². The van der Waals surface area contributed by atoms with Crippen molar-refractivity contribution in [2.45, 2.75) is 45.4 Å². The summed E-state index contributed by atoms with van der Waals surface area (Å²) in [6.07, 6.45) is 0.430. The molecule has 0 heterocycles. The maximum absolute atomic E-state index is 9.38. The third kappa shape index (κ3) is 4.69. The minimum atomic E-state index is -0.296. The van der Waals surface area contributed by atoms with E-state index in [4.69, 9.17) is 5.73 Å². The highest BCUT2D eigenvalue weighted by Gasteiger charge is 2.14. The van der Waals surface area contributed by atoms with Crippen molar-refractivity contribution in [2.24, 2.45) is 5.73 Å². The molecule has 3 nitrogen and oxygen atoms in total. The first-order valence-corrected chi connectivity index (χ1v) is 7.13. The second-order valence-corrected chi connectivity index (χ2v) is 5.80. The predicted molar refractivity (Wildman–Crippen MR) is 79.6 cm³/mol. The van der Waals surface area contributed by atoms with Gasteiger partial charge in [0.15, 0.2) is 0 Å². The van der Waals surface area contributed by atoms with Crippen LogP contribution in [0.1, 0.15) is 37.4 Å². The number of hydrogen-bond donors (Lipinski definition) is 3. The Labute approximate surface area is 118 Å². The molecule has 0 radical (unpaired) electrons. The molecule has 4 N–H and O–H groups in total. The van der Waals surface area contributed by atoms with Crippen molar-refractivity contribution in [1.82, 2.24) is 5.32 Å². The minimum Gasteiger partial charge on any atom is -0.393 e. The van der Waals surface area contributed by atoms with Gasteiger partial charge in [-0.25, -0.2) is 0 Å². The number of halogens is 1. The Morgan fingerprint density at radius 2 is 2.06 bits per heavy atom. The average molecular weight is 315 g/mol. The lowest BCUT2D eigenvalue weighted by atomic mass is 10.0. The molecule has 0 bridgehead atoms. The van der Waals surface area contributed by atoms with Gasteiger partial charge in [0.2, 0.25) is 0 Å². The first-order valence-electron chi connectivity index (χ1n) is 6.34. The molecule has 1 aromatic carbocycles. The van der Waals surface area contributed by atoms with Crippen LogP contribution in [0.4, 0.5) is 0 Å². The fraction of sp³-hybridized carbons (Fsp3) is 0.571. The molecule has 1 aromatic rings. The standard InChI is InChI=1S/C14H23BrN2O/c1-9-4-5-12(7-13(9)15)14(8-16)17-10(2)6-11(3)18/h4-5,7,10-11,14,17-18H,6,8,16H2,1-3H3. The monoisotopic (exact) mass is 314 g/mol. The van der Waals surface area contributed by atoms with Crippen LogP contribution in [0.15, 0.2) is 22.7 Å². The number of nitrogens with two attached hydrogens (primary N) is 1. The van der Waals surface area contributed by atoms with Crippen molar-refractivity contribution in [1.29, 1.82) is 0 Å². The highest BCUT2D eigenvalue weighted by molar-refractivity contribution is 9.10. The Bertz CT molecular complexity index is 382. The zero-order chi connectivity index (χ0) is 13.7. The van der Waals surface area contributed by atoms with Crippen LogP contribution in [-0.4, -0.2) is 23.8 Å². The van der Waals surface area contributed by atoms with Crippen LogP contribution in [0, 0.1) is 6.92 Å². The highest BCUT2D eigenvalue weighted by Crippen LogP contribution is 2.22. The van der Waals surface area contributed by atoms with Gasteiger partial charge in [0.1, 0.15) is 0 Å². The van der Waals surface area contributed by atoms with E-state index in [1.54, 1.807) is 6.92 Å². The molecule has 0 aromatic heterocycles. The number of rotatable bonds is 6. The molecule has 102 valence electrons. The van der Waals surface area contributed by atoms with Gasteiger partial charge in [-0.2, -0.15) is 0 Å². The average Bonchev–Trinajstić information content (AvgIpc) is 2.29. The van der Waals surface area contributed by atoms with Gasteiger partial charge < -0.3 is 16.2 Å². The van der Waals surface area contributed by atoms with Gasteiger partial charge in [-0.3, -0.25) is 0 Å². The van der Waals surface area contributed by atoms with E-state index in [0.29, 0.717) is 6.54 Å². The van der Waals surface area contributed by atoms with Gasteiger partial charge in [0.05, 0.1) is 6.10 Å². The fourth-order valence-electron chi connectivity index (χ4n) is 2.05. The van der Waals surface area contributed by atoms with E-state index in [1.807, 2.05) is 0 Å². The maximum atomic E-state index is 9.38. The molecule has 1 rings (SSSR count). The van der Waals surface area contributed by atoms with E-state index >= 15 is 0 Å². The number of aliphatic hydroxyl groups is 1. The Hall–Kier alpha value is -0.420. The van der Waals surface area contributed by atoms with E-state index in [1.165, 1.54) is 11.1 Å². The molecule has 0 aliphatic heterocycles. The fourth-order valence-corrected chi connectivity index (χ4v) is 2.45. The third-order valence-electron chi connectivity index (χ3n) is 3.01. The van der Waals surface area contributed by atoms with Crippen molar-refractivity contribution in [3.8, 4) is 0 Å². The Morgan fingerprint density at radius 1 is 1.39 bits per heavy atom. The van der Waals surface area contributed by atoms with Gasteiger partial charge in [-0.05, 0) is 44.4 Å². The van der Waals surface area contributed by atoms with Crippen LogP contribution >= 0.6 is 15.9 Å². The van der Waals surface area contributed by atoms with Crippen LogP contribution in [0.2, 0.25) is 0 Å². The summed E-state index contributed by atoms with van der Waals surface area (Å²) in [5.41, 5.74) is 8.22. The first kappa shape index (κ1) is 15.6. The zero-order valence-corrected chi connectivity index (χ0v) is 12.9. The molecule has 0 spiro atoms. The zero-order valence-electron chi connectivity index (χ0n) is 11.3. The predicted octanol–water partition coefficient (Wildman–Crippen LogP) is 2.51. The number of hydrogen-bond acceptors (Lipinski definition) is 3. The van der Waals surface area contributed by atoms with Crippen LogP contribution in [0.25, 0.3) is 0 Å². The lowest BCUT2D eigenvalue weighted by molar-refractivity contribution is 0.168. The molecule has 0 aliphatic rings. The van der Waals surface area contributed by atoms with Crippen molar-refractivity contribution in [3.05, 3.63) is 33.8 Å². The van der Waals surface area contributed by atoms with E-state index in [2.05, 4.69) is 53.3 Å². The SMILES string of the molecule is Cc1ccc(C(CN)NC(C)CC(C)O)cc1Br. The Kier molecular flexibility index (Phi) is 6.29. The van der Waals surface area contributed by atoms with Crippen molar-refractivity contribution in [2.75, 3.05) is 6.54 Å². The van der Waals surface area contributed by atoms with Crippen molar-refractivity contribution in [3.63, 3.8) is 0 Å².